The minimum atomic E-state index is -3.72. The van der Waals surface area contributed by atoms with Gasteiger partial charge >= 0.3 is 0 Å². The molecule has 4 rings (SSSR count). The molecule has 1 fully saturated rings. The van der Waals surface area contributed by atoms with E-state index < -0.39 is 10.0 Å². The van der Waals surface area contributed by atoms with Crippen LogP contribution in [0.4, 0.5) is 0 Å². The van der Waals surface area contributed by atoms with Crippen LogP contribution in [0.25, 0.3) is 11.0 Å². The first-order valence-electron chi connectivity index (χ1n) is 7.92. The molecule has 130 valence electrons. The van der Waals surface area contributed by atoms with Crippen molar-refractivity contribution in [1.82, 2.24) is 19.8 Å². The van der Waals surface area contributed by atoms with Crippen LogP contribution in [0.1, 0.15) is 11.5 Å². The van der Waals surface area contributed by atoms with Crippen molar-refractivity contribution in [3.63, 3.8) is 0 Å². The zero-order valence-corrected chi connectivity index (χ0v) is 14.5. The molecule has 8 heteroatoms. The molecule has 0 aliphatic carbocycles. The van der Waals surface area contributed by atoms with Gasteiger partial charge in [0.25, 0.3) is 10.0 Å². The maximum atomic E-state index is 13.1. The molecular formula is C17H18N4O3S. The SMILES string of the molecule is COc1cnc2c(c1)c(C1CNNC1)cn2S(=O)(=O)c1ccccc1. The van der Waals surface area contributed by atoms with E-state index >= 15 is 0 Å². The number of ether oxygens (including phenoxy) is 1. The fraction of sp³-hybridized carbons (Fsp3) is 0.235. The molecule has 0 saturated carbocycles. The molecule has 3 heterocycles. The van der Waals surface area contributed by atoms with Crippen molar-refractivity contribution in [2.45, 2.75) is 10.8 Å². The summed E-state index contributed by atoms with van der Waals surface area (Å²) in [7, 11) is -2.15. The van der Waals surface area contributed by atoms with Crippen molar-refractivity contribution in [2.75, 3.05) is 20.2 Å². The van der Waals surface area contributed by atoms with Crippen LogP contribution in [-0.4, -0.2) is 37.6 Å². The van der Waals surface area contributed by atoms with E-state index in [9.17, 15) is 8.42 Å². The van der Waals surface area contributed by atoms with Crippen molar-refractivity contribution in [2.24, 2.45) is 0 Å². The van der Waals surface area contributed by atoms with E-state index in [-0.39, 0.29) is 10.8 Å². The number of methoxy groups -OCH3 is 1. The van der Waals surface area contributed by atoms with Crippen LogP contribution in [0.15, 0.2) is 53.7 Å². The van der Waals surface area contributed by atoms with Gasteiger partial charge < -0.3 is 4.74 Å². The highest BCUT2D eigenvalue weighted by atomic mass is 32.2. The van der Waals surface area contributed by atoms with Crippen molar-refractivity contribution in [1.29, 1.82) is 0 Å². The van der Waals surface area contributed by atoms with Gasteiger partial charge in [-0.25, -0.2) is 17.4 Å². The van der Waals surface area contributed by atoms with Crippen LogP contribution < -0.4 is 15.6 Å². The second kappa shape index (κ2) is 6.14. The molecule has 7 nitrogen and oxygen atoms in total. The summed E-state index contributed by atoms with van der Waals surface area (Å²) in [5, 5.41) is 0.786. The molecule has 0 spiro atoms. The Balaban J connectivity index is 1.95. The van der Waals surface area contributed by atoms with Gasteiger partial charge in [0.2, 0.25) is 0 Å². The molecule has 1 aliphatic rings. The smallest absolute Gasteiger partial charge is 0.269 e. The molecule has 0 unspecified atom stereocenters. The fourth-order valence-corrected chi connectivity index (χ4v) is 4.45. The summed E-state index contributed by atoms with van der Waals surface area (Å²) in [6, 6.07) is 10.2. The lowest BCUT2D eigenvalue weighted by Gasteiger charge is -2.07. The van der Waals surface area contributed by atoms with Crippen LogP contribution in [0, 0.1) is 0 Å². The number of pyridine rings is 1. The van der Waals surface area contributed by atoms with E-state index in [4.69, 9.17) is 4.74 Å². The third-order valence-electron chi connectivity index (χ3n) is 4.42. The Hall–Kier alpha value is -2.42. The average Bonchev–Trinajstić information content (AvgIpc) is 3.29. The lowest BCUT2D eigenvalue weighted by molar-refractivity contribution is 0.413. The highest BCUT2D eigenvalue weighted by Crippen LogP contribution is 2.32. The maximum absolute atomic E-state index is 13.1. The van der Waals surface area contributed by atoms with Crippen LogP contribution in [0.2, 0.25) is 0 Å². The van der Waals surface area contributed by atoms with E-state index in [2.05, 4.69) is 15.8 Å². The first kappa shape index (κ1) is 16.1. The number of hydrogen-bond acceptors (Lipinski definition) is 6. The molecule has 1 aromatic carbocycles. The molecule has 25 heavy (non-hydrogen) atoms. The minimum absolute atomic E-state index is 0.156. The predicted molar refractivity (Wildman–Crippen MR) is 94.1 cm³/mol. The second-order valence-electron chi connectivity index (χ2n) is 5.90. The number of nitrogens with zero attached hydrogens (tertiary/aromatic N) is 2. The lowest BCUT2D eigenvalue weighted by Crippen LogP contribution is -2.21. The van der Waals surface area contributed by atoms with Gasteiger partial charge in [-0.05, 0) is 23.8 Å². The summed E-state index contributed by atoms with van der Waals surface area (Å²) in [4.78, 5) is 4.59. The van der Waals surface area contributed by atoms with Crippen molar-refractivity contribution >= 4 is 21.1 Å². The van der Waals surface area contributed by atoms with Gasteiger partial charge in [-0.2, -0.15) is 0 Å². The first-order chi connectivity index (χ1) is 12.1. The third kappa shape index (κ3) is 2.68. The molecule has 0 bridgehead atoms. The van der Waals surface area contributed by atoms with Gasteiger partial charge in [-0.15, -0.1) is 0 Å². The van der Waals surface area contributed by atoms with Gasteiger partial charge in [0.1, 0.15) is 5.75 Å². The van der Waals surface area contributed by atoms with Crippen molar-refractivity contribution < 1.29 is 13.2 Å². The first-order valence-corrected chi connectivity index (χ1v) is 9.36. The van der Waals surface area contributed by atoms with Gasteiger partial charge in [0, 0.05) is 30.6 Å². The number of nitrogens with one attached hydrogen (secondary N) is 2. The Morgan fingerprint density at radius 1 is 1.20 bits per heavy atom. The standard InChI is InChI=1S/C17H18N4O3S/c1-24-13-7-15-16(12-8-19-20-9-12)11-21(17(15)18-10-13)25(22,23)14-5-3-2-4-6-14/h2-7,10-12,19-20H,8-9H2,1H3. The van der Waals surface area contributed by atoms with E-state index in [1.165, 1.54) is 10.2 Å². The van der Waals surface area contributed by atoms with Gasteiger partial charge in [-0.3, -0.25) is 10.9 Å². The molecule has 0 radical (unpaired) electrons. The topological polar surface area (TPSA) is 85.2 Å². The molecular weight excluding hydrogens is 340 g/mol. The molecule has 0 amide bonds. The highest BCUT2D eigenvalue weighted by Gasteiger charge is 2.27. The third-order valence-corrected chi connectivity index (χ3v) is 6.08. The monoisotopic (exact) mass is 358 g/mol. The molecule has 2 N–H and O–H groups in total. The predicted octanol–water partition coefficient (Wildman–Crippen LogP) is 1.47. The molecule has 3 aromatic rings. The van der Waals surface area contributed by atoms with Gasteiger partial charge in [0.05, 0.1) is 18.2 Å². The molecule has 1 aliphatic heterocycles. The van der Waals surface area contributed by atoms with Gasteiger partial charge in [0.15, 0.2) is 5.65 Å². The molecule has 2 aromatic heterocycles. The van der Waals surface area contributed by atoms with Crippen LogP contribution >= 0.6 is 0 Å². The normalized spacial score (nSPS) is 15.7. The maximum Gasteiger partial charge on any atom is 0.269 e. The fourth-order valence-electron chi connectivity index (χ4n) is 3.09. The summed E-state index contributed by atoms with van der Waals surface area (Å²) in [5.74, 6) is 0.756. The summed E-state index contributed by atoms with van der Waals surface area (Å²) in [6.07, 6.45) is 3.22. The molecule has 1 saturated heterocycles. The van der Waals surface area contributed by atoms with E-state index in [0.29, 0.717) is 11.4 Å². The Kier molecular flexibility index (Phi) is 3.95. The number of aromatic nitrogens is 2. The summed E-state index contributed by atoms with van der Waals surface area (Å²) in [6.45, 7) is 1.45. The number of fused-ring (bicyclic) bond motifs is 1. The van der Waals surface area contributed by atoms with E-state index in [0.717, 1.165) is 24.0 Å². The van der Waals surface area contributed by atoms with Crippen LogP contribution in [-0.2, 0) is 10.0 Å². The number of rotatable bonds is 4. The van der Waals surface area contributed by atoms with Crippen molar-refractivity contribution in [3.8, 4) is 5.75 Å². The average molecular weight is 358 g/mol. The Bertz CT molecular complexity index is 1010. The van der Waals surface area contributed by atoms with E-state index in [1.54, 1.807) is 43.6 Å². The Morgan fingerprint density at radius 2 is 1.92 bits per heavy atom. The summed E-state index contributed by atoms with van der Waals surface area (Å²) >= 11 is 0. The van der Waals surface area contributed by atoms with Crippen molar-refractivity contribution in [3.05, 3.63) is 54.4 Å². The largest absolute Gasteiger partial charge is 0.495 e. The van der Waals surface area contributed by atoms with Crippen LogP contribution in [0.3, 0.4) is 0 Å². The number of benzene rings is 1. The lowest BCUT2D eigenvalue weighted by atomic mass is 10.0. The quantitative estimate of drug-likeness (QED) is 0.735. The highest BCUT2D eigenvalue weighted by molar-refractivity contribution is 7.90. The van der Waals surface area contributed by atoms with Gasteiger partial charge in [-0.1, -0.05) is 18.2 Å². The second-order valence-corrected chi connectivity index (χ2v) is 7.72. The van der Waals surface area contributed by atoms with E-state index in [1.807, 2.05) is 6.07 Å². The number of hydrogen-bond donors (Lipinski definition) is 2. The minimum Gasteiger partial charge on any atom is -0.495 e. The Labute approximate surface area is 145 Å². The summed E-state index contributed by atoms with van der Waals surface area (Å²) in [5.41, 5.74) is 7.50. The van der Waals surface area contributed by atoms with Crippen LogP contribution in [0.5, 0.6) is 5.75 Å². The zero-order chi connectivity index (χ0) is 17.4. The zero-order valence-electron chi connectivity index (χ0n) is 13.6. The number of hydrazine groups is 1. The molecule has 0 atom stereocenters. The summed E-state index contributed by atoms with van der Waals surface area (Å²) < 4.78 is 32.7. The Morgan fingerprint density at radius 3 is 2.60 bits per heavy atom.